The maximum atomic E-state index is 12.0. The first kappa shape index (κ1) is 15.9. The SMILES string of the molecule is N#Cc1c(SCC(=O)NC2CCCC2)sc2c(O)cc(=O)[nH]c12. The van der Waals surface area contributed by atoms with Crippen LogP contribution in [0.5, 0.6) is 5.75 Å². The van der Waals surface area contributed by atoms with Gasteiger partial charge >= 0.3 is 0 Å². The molecule has 1 amide bonds. The van der Waals surface area contributed by atoms with Crippen molar-refractivity contribution in [2.45, 2.75) is 35.9 Å². The van der Waals surface area contributed by atoms with Gasteiger partial charge in [0.2, 0.25) is 5.91 Å². The molecule has 120 valence electrons. The molecule has 0 radical (unpaired) electrons. The Morgan fingerprint density at radius 3 is 2.96 bits per heavy atom. The number of hydrogen-bond donors (Lipinski definition) is 3. The molecule has 8 heteroatoms. The third-order valence-electron chi connectivity index (χ3n) is 3.79. The van der Waals surface area contributed by atoms with Crippen LogP contribution < -0.4 is 10.9 Å². The van der Waals surface area contributed by atoms with Crippen LogP contribution in [0.2, 0.25) is 0 Å². The van der Waals surface area contributed by atoms with Crippen molar-refractivity contribution in [3.8, 4) is 11.8 Å². The van der Waals surface area contributed by atoms with Crippen molar-refractivity contribution < 1.29 is 9.90 Å². The van der Waals surface area contributed by atoms with E-state index in [0.717, 1.165) is 31.7 Å². The van der Waals surface area contributed by atoms with Crippen LogP contribution in [0.15, 0.2) is 15.1 Å². The molecule has 1 fully saturated rings. The smallest absolute Gasteiger partial charge is 0.252 e. The lowest BCUT2D eigenvalue weighted by Crippen LogP contribution is -2.33. The molecule has 0 bridgehead atoms. The minimum Gasteiger partial charge on any atom is -0.506 e. The van der Waals surface area contributed by atoms with Gasteiger partial charge in [-0.1, -0.05) is 12.8 Å². The summed E-state index contributed by atoms with van der Waals surface area (Å²) in [7, 11) is 0. The Morgan fingerprint density at radius 2 is 2.26 bits per heavy atom. The topological polar surface area (TPSA) is 106 Å². The second-order valence-corrected chi connectivity index (χ2v) is 7.70. The predicted octanol–water partition coefficient (Wildman–Crippen LogP) is 2.32. The zero-order valence-electron chi connectivity index (χ0n) is 12.2. The number of nitriles is 1. The van der Waals surface area contributed by atoms with Crippen molar-refractivity contribution in [2.24, 2.45) is 0 Å². The fourth-order valence-electron chi connectivity index (χ4n) is 2.73. The number of rotatable bonds is 4. The molecule has 0 aromatic carbocycles. The van der Waals surface area contributed by atoms with Gasteiger partial charge in [0.1, 0.15) is 17.4 Å². The molecule has 3 N–H and O–H groups in total. The van der Waals surface area contributed by atoms with Gasteiger partial charge < -0.3 is 15.4 Å². The molecule has 3 rings (SSSR count). The number of aromatic nitrogens is 1. The molecular formula is C15H15N3O3S2. The van der Waals surface area contributed by atoms with E-state index in [4.69, 9.17) is 0 Å². The molecule has 1 aliphatic carbocycles. The Kier molecular flexibility index (Phi) is 4.59. The van der Waals surface area contributed by atoms with Gasteiger partial charge in [0, 0.05) is 12.1 Å². The van der Waals surface area contributed by atoms with Gasteiger partial charge in [-0.05, 0) is 12.8 Å². The Labute approximate surface area is 140 Å². The molecule has 0 spiro atoms. The van der Waals surface area contributed by atoms with E-state index in [1.165, 1.54) is 23.1 Å². The summed E-state index contributed by atoms with van der Waals surface area (Å²) >= 11 is 2.46. The number of amides is 1. The van der Waals surface area contributed by atoms with Crippen LogP contribution in [0.3, 0.4) is 0 Å². The van der Waals surface area contributed by atoms with E-state index >= 15 is 0 Å². The van der Waals surface area contributed by atoms with E-state index in [1.807, 2.05) is 6.07 Å². The summed E-state index contributed by atoms with van der Waals surface area (Å²) in [6, 6.07) is 3.40. The van der Waals surface area contributed by atoms with E-state index in [0.29, 0.717) is 20.0 Å². The van der Waals surface area contributed by atoms with Gasteiger partial charge in [-0.25, -0.2) is 0 Å². The average Bonchev–Trinajstić information content (AvgIpc) is 3.12. The monoisotopic (exact) mass is 349 g/mol. The molecule has 1 aliphatic rings. The summed E-state index contributed by atoms with van der Waals surface area (Å²) in [5.41, 5.74) is 0.178. The molecule has 0 unspecified atom stereocenters. The molecule has 23 heavy (non-hydrogen) atoms. The number of H-pyrrole nitrogens is 1. The average molecular weight is 349 g/mol. The minimum atomic E-state index is -0.458. The van der Waals surface area contributed by atoms with Gasteiger partial charge in [-0.3, -0.25) is 9.59 Å². The molecule has 2 heterocycles. The maximum absolute atomic E-state index is 12.0. The molecule has 2 aromatic rings. The van der Waals surface area contributed by atoms with Gasteiger partial charge in [0.15, 0.2) is 0 Å². The van der Waals surface area contributed by atoms with Gasteiger partial charge in [0.05, 0.1) is 20.2 Å². The summed E-state index contributed by atoms with van der Waals surface area (Å²) in [5, 5.41) is 22.2. The first-order valence-corrected chi connectivity index (χ1v) is 9.09. The highest BCUT2D eigenvalue weighted by Crippen LogP contribution is 2.39. The Balaban J connectivity index is 1.77. The first-order chi connectivity index (χ1) is 11.1. The quantitative estimate of drug-likeness (QED) is 0.735. The Bertz CT molecular complexity index is 844. The van der Waals surface area contributed by atoms with Crippen molar-refractivity contribution in [1.82, 2.24) is 10.3 Å². The summed E-state index contributed by atoms with van der Waals surface area (Å²) < 4.78 is 1.08. The van der Waals surface area contributed by atoms with Crippen LogP contribution in [0, 0.1) is 11.3 Å². The number of hydrogen-bond acceptors (Lipinski definition) is 6. The number of pyridine rings is 1. The highest BCUT2D eigenvalue weighted by Gasteiger charge is 2.20. The number of thioether (sulfide) groups is 1. The highest BCUT2D eigenvalue weighted by atomic mass is 32.2. The van der Waals surface area contributed by atoms with Gasteiger partial charge in [0.25, 0.3) is 5.56 Å². The van der Waals surface area contributed by atoms with Crippen molar-refractivity contribution in [3.63, 3.8) is 0 Å². The normalized spacial score (nSPS) is 14.9. The molecule has 0 saturated heterocycles. The summed E-state index contributed by atoms with van der Waals surface area (Å²) in [4.78, 5) is 26.0. The number of nitrogens with one attached hydrogen (secondary N) is 2. The number of carbonyl (C=O) groups is 1. The number of thiophene rings is 1. The van der Waals surface area contributed by atoms with E-state index in [2.05, 4.69) is 10.3 Å². The fraction of sp³-hybridized carbons (Fsp3) is 0.400. The number of fused-ring (bicyclic) bond motifs is 1. The lowest BCUT2D eigenvalue weighted by molar-refractivity contribution is -0.119. The third kappa shape index (κ3) is 3.35. The molecule has 0 aliphatic heterocycles. The first-order valence-electron chi connectivity index (χ1n) is 7.29. The molecule has 1 saturated carbocycles. The Hall–Kier alpha value is -1.98. The summed E-state index contributed by atoms with van der Waals surface area (Å²) in [5.74, 6) is 0.0108. The van der Waals surface area contributed by atoms with E-state index < -0.39 is 5.56 Å². The van der Waals surface area contributed by atoms with E-state index in [-0.39, 0.29) is 23.5 Å². The zero-order chi connectivity index (χ0) is 16.4. The van der Waals surface area contributed by atoms with Crippen LogP contribution in [-0.2, 0) is 4.79 Å². The lowest BCUT2D eigenvalue weighted by Gasteiger charge is -2.11. The summed E-state index contributed by atoms with van der Waals surface area (Å²) in [6.45, 7) is 0. The second-order valence-electron chi connectivity index (χ2n) is 5.44. The Morgan fingerprint density at radius 1 is 1.52 bits per heavy atom. The maximum Gasteiger partial charge on any atom is 0.252 e. The van der Waals surface area contributed by atoms with Crippen molar-refractivity contribution >= 4 is 39.2 Å². The molecule has 6 nitrogen and oxygen atoms in total. The number of aromatic amines is 1. The van der Waals surface area contributed by atoms with Crippen molar-refractivity contribution in [2.75, 3.05) is 5.75 Å². The van der Waals surface area contributed by atoms with Gasteiger partial charge in [-0.2, -0.15) is 5.26 Å². The number of aromatic hydroxyl groups is 1. The molecule has 0 atom stereocenters. The highest BCUT2D eigenvalue weighted by molar-refractivity contribution is 8.02. The van der Waals surface area contributed by atoms with Crippen molar-refractivity contribution in [3.05, 3.63) is 22.0 Å². The lowest BCUT2D eigenvalue weighted by atomic mass is 10.2. The molecule has 2 aromatic heterocycles. The third-order valence-corrected chi connectivity index (χ3v) is 6.27. The van der Waals surface area contributed by atoms with Crippen LogP contribution in [-0.4, -0.2) is 27.8 Å². The van der Waals surface area contributed by atoms with Crippen LogP contribution in [0.25, 0.3) is 10.2 Å². The predicted molar refractivity (Wildman–Crippen MR) is 89.9 cm³/mol. The zero-order valence-corrected chi connectivity index (χ0v) is 13.9. The number of carbonyl (C=O) groups excluding carboxylic acids is 1. The van der Waals surface area contributed by atoms with Gasteiger partial charge in [-0.15, -0.1) is 23.1 Å². The van der Waals surface area contributed by atoms with E-state index in [1.54, 1.807) is 0 Å². The minimum absolute atomic E-state index is 0.0547. The van der Waals surface area contributed by atoms with Crippen molar-refractivity contribution in [1.29, 1.82) is 5.26 Å². The van der Waals surface area contributed by atoms with Crippen LogP contribution >= 0.6 is 23.1 Å². The summed E-state index contributed by atoms with van der Waals surface area (Å²) in [6.07, 6.45) is 4.36. The van der Waals surface area contributed by atoms with Crippen LogP contribution in [0.1, 0.15) is 31.2 Å². The standard InChI is InChI=1S/C15H15N3O3S2/c16-6-9-13-14(10(19)5-11(20)18-13)23-15(9)22-7-12(21)17-8-3-1-2-4-8/h5,8H,1-4,7H2,(H,17,21)(H2,18,19,20). The molecular weight excluding hydrogens is 334 g/mol. The second kappa shape index (κ2) is 6.64. The largest absolute Gasteiger partial charge is 0.506 e. The van der Waals surface area contributed by atoms with E-state index in [9.17, 15) is 20.0 Å². The van der Waals surface area contributed by atoms with Crippen LogP contribution in [0.4, 0.5) is 0 Å². The fourth-order valence-corrected chi connectivity index (χ4v) is 4.89. The number of nitrogens with zero attached hydrogens (tertiary/aromatic N) is 1.